The number of aromatic nitrogens is 3. The number of piperazine rings is 1. The van der Waals surface area contributed by atoms with Crippen molar-refractivity contribution in [3.05, 3.63) is 17.0 Å². The van der Waals surface area contributed by atoms with Crippen LogP contribution in [0.5, 0.6) is 0 Å². The van der Waals surface area contributed by atoms with Crippen LogP contribution in [0.4, 0.5) is 5.95 Å². The molecule has 0 radical (unpaired) electrons. The number of anilines is 1. The monoisotopic (exact) mass is 388 g/mol. The Kier molecular flexibility index (Phi) is 5.53. The van der Waals surface area contributed by atoms with Crippen molar-refractivity contribution in [2.24, 2.45) is 0 Å². The molecule has 0 spiro atoms. The van der Waals surface area contributed by atoms with Crippen molar-refractivity contribution in [1.29, 1.82) is 0 Å². The summed E-state index contributed by atoms with van der Waals surface area (Å²) in [5.74, 6) is 2.06. The maximum absolute atomic E-state index is 4.59. The fourth-order valence-electron chi connectivity index (χ4n) is 4.39. The average Bonchev–Trinajstić information content (AvgIpc) is 3.40. The molecule has 2 aliphatic rings. The molecule has 0 N–H and O–H groups in total. The molecule has 148 valence electrons. The van der Waals surface area contributed by atoms with Crippen LogP contribution in [0.15, 0.2) is 11.4 Å². The molecule has 0 aromatic carbocycles. The topological polar surface area (TPSA) is 40.4 Å². The van der Waals surface area contributed by atoms with Gasteiger partial charge in [0.2, 0.25) is 5.95 Å². The lowest BCUT2D eigenvalue weighted by molar-refractivity contribution is 0.0842. The minimum Gasteiger partial charge on any atom is -0.339 e. The van der Waals surface area contributed by atoms with Gasteiger partial charge in [-0.05, 0) is 51.1 Å². The van der Waals surface area contributed by atoms with Crippen LogP contribution in [0.3, 0.4) is 0 Å². The summed E-state index contributed by atoms with van der Waals surface area (Å²) in [6.45, 7) is 16.8. The van der Waals surface area contributed by atoms with Gasteiger partial charge in [-0.1, -0.05) is 0 Å². The number of rotatable bonds is 5. The maximum Gasteiger partial charge on any atom is 0.227 e. The zero-order chi connectivity index (χ0) is 19.0. The second-order valence-corrected chi connectivity index (χ2v) is 9.02. The fraction of sp³-hybridized carbons (Fsp3) is 0.700. The van der Waals surface area contributed by atoms with Crippen molar-refractivity contribution in [2.45, 2.75) is 52.7 Å². The summed E-state index contributed by atoms with van der Waals surface area (Å²) in [6, 6.07) is 3.52. The molecule has 0 aliphatic carbocycles. The van der Waals surface area contributed by atoms with Gasteiger partial charge < -0.3 is 4.90 Å². The molecule has 0 saturated carbocycles. The third kappa shape index (κ3) is 3.77. The Morgan fingerprint density at radius 3 is 2.56 bits per heavy atom. The highest BCUT2D eigenvalue weighted by molar-refractivity contribution is 7.13. The van der Waals surface area contributed by atoms with Crippen LogP contribution in [-0.2, 0) is 6.54 Å². The van der Waals surface area contributed by atoms with E-state index in [1.54, 1.807) is 11.3 Å². The van der Waals surface area contributed by atoms with Crippen LogP contribution in [0.25, 0.3) is 10.7 Å². The molecule has 7 heteroatoms. The van der Waals surface area contributed by atoms with Crippen molar-refractivity contribution in [1.82, 2.24) is 24.6 Å². The van der Waals surface area contributed by atoms with Gasteiger partial charge in [0.15, 0.2) is 5.82 Å². The zero-order valence-electron chi connectivity index (χ0n) is 17.1. The summed E-state index contributed by atoms with van der Waals surface area (Å²) in [5.41, 5.74) is 1.30. The molecule has 2 aromatic heterocycles. The highest BCUT2D eigenvalue weighted by Gasteiger charge is 2.32. The first kappa shape index (κ1) is 18.9. The largest absolute Gasteiger partial charge is 0.339 e. The van der Waals surface area contributed by atoms with Crippen LogP contribution in [-0.4, -0.2) is 75.9 Å². The van der Waals surface area contributed by atoms with Gasteiger partial charge in [0.1, 0.15) is 0 Å². The van der Waals surface area contributed by atoms with Gasteiger partial charge in [-0.25, -0.2) is 0 Å². The Labute approximate surface area is 166 Å². The van der Waals surface area contributed by atoms with Crippen molar-refractivity contribution in [3.8, 4) is 10.7 Å². The van der Waals surface area contributed by atoms with Gasteiger partial charge in [-0.15, -0.1) is 21.5 Å². The van der Waals surface area contributed by atoms with Crippen molar-refractivity contribution >= 4 is 17.3 Å². The predicted molar refractivity (Wildman–Crippen MR) is 113 cm³/mol. The summed E-state index contributed by atoms with van der Waals surface area (Å²) >= 11 is 1.76. The number of hydrogen-bond donors (Lipinski definition) is 0. The molecule has 2 aliphatic heterocycles. The van der Waals surface area contributed by atoms with Gasteiger partial charge in [-0.3, -0.25) is 14.4 Å². The minimum absolute atomic E-state index is 0.647. The quantitative estimate of drug-likeness (QED) is 0.788. The number of thiophene rings is 1. The van der Waals surface area contributed by atoms with Crippen LogP contribution in [0, 0.1) is 6.92 Å². The van der Waals surface area contributed by atoms with E-state index in [4.69, 9.17) is 0 Å². The van der Waals surface area contributed by atoms with Gasteiger partial charge in [0.25, 0.3) is 0 Å². The second kappa shape index (κ2) is 7.89. The summed E-state index contributed by atoms with van der Waals surface area (Å²) < 4.78 is 2.28. The Balaban J connectivity index is 1.44. The van der Waals surface area contributed by atoms with Crippen molar-refractivity contribution in [3.63, 3.8) is 0 Å². The normalized spacial score (nSPS) is 22.3. The lowest BCUT2D eigenvalue weighted by Crippen LogP contribution is -2.52. The van der Waals surface area contributed by atoms with Crippen LogP contribution < -0.4 is 4.90 Å². The SMILES string of the molecule is CCn1c(-c2cc(C)cs2)nnc1N1CCC(N2CCN(C(C)C)CC2)C1. The van der Waals surface area contributed by atoms with Gasteiger partial charge in [0.05, 0.1) is 4.88 Å². The van der Waals surface area contributed by atoms with E-state index < -0.39 is 0 Å². The highest BCUT2D eigenvalue weighted by atomic mass is 32.1. The van der Waals surface area contributed by atoms with Crippen LogP contribution in [0.1, 0.15) is 32.8 Å². The Bertz CT molecular complexity index is 758. The lowest BCUT2D eigenvalue weighted by atomic mass is 10.1. The highest BCUT2D eigenvalue weighted by Crippen LogP contribution is 2.30. The molecular weight excluding hydrogens is 356 g/mol. The molecule has 4 rings (SSSR count). The molecule has 2 aromatic rings. The van der Waals surface area contributed by atoms with E-state index in [1.807, 2.05) is 0 Å². The van der Waals surface area contributed by atoms with E-state index in [2.05, 4.69) is 68.6 Å². The number of nitrogens with zero attached hydrogens (tertiary/aromatic N) is 6. The number of aryl methyl sites for hydroxylation is 1. The predicted octanol–water partition coefficient (Wildman–Crippen LogP) is 2.94. The van der Waals surface area contributed by atoms with Crippen LogP contribution >= 0.6 is 11.3 Å². The molecule has 27 heavy (non-hydrogen) atoms. The molecule has 6 nitrogen and oxygen atoms in total. The van der Waals surface area contributed by atoms with E-state index >= 15 is 0 Å². The Morgan fingerprint density at radius 2 is 1.93 bits per heavy atom. The molecule has 4 heterocycles. The van der Waals surface area contributed by atoms with Crippen molar-refractivity contribution < 1.29 is 0 Å². The molecule has 1 atom stereocenters. The third-order valence-corrected chi connectivity index (χ3v) is 7.08. The average molecular weight is 389 g/mol. The summed E-state index contributed by atoms with van der Waals surface area (Å²) in [5, 5.41) is 11.3. The fourth-order valence-corrected chi connectivity index (χ4v) is 5.28. The second-order valence-electron chi connectivity index (χ2n) is 8.11. The first-order valence-electron chi connectivity index (χ1n) is 10.3. The maximum atomic E-state index is 4.59. The number of hydrogen-bond acceptors (Lipinski definition) is 6. The van der Waals surface area contributed by atoms with E-state index in [-0.39, 0.29) is 0 Å². The van der Waals surface area contributed by atoms with Crippen molar-refractivity contribution in [2.75, 3.05) is 44.2 Å². The van der Waals surface area contributed by atoms with E-state index in [0.29, 0.717) is 12.1 Å². The molecule has 0 amide bonds. The first-order valence-corrected chi connectivity index (χ1v) is 11.2. The molecule has 0 bridgehead atoms. The van der Waals surface area contributed by atoms with Gasteiger partial charge >= 0.3 is 0 Å². The molecular formula is C20H32N6S. The minimum atomic E-state index is 0.647. The zero-order valence-corrected chi connectivity index (χ0v) is 17.9. The van der Waals surface area contributed by atoms with E-state index in [9.17, 15) is 0 Å². The lowest BCUT2D eigenvalue weighted by Gasteiger charge is -2.39. The molecule has 1 unspecified atom stereocenters. The summed E-state index contributed by atoms with van der Waals surface area (Å²) in [7, 11) is 0. The van der Waals surface area contributed by atoms with E-state index in [0.717, 1.165) is 31.4 Å². The van der Waals surface area contributed by atoms with Crippen LogP contribution in [0.2, 0.25) is 0 Å². The third-order valence-electron chi connectivity index (χ3n) is 6.04. The molecule has 2 fully saturated rings. The Morgan fingerprint density at radius 1 is 1.15 bits per heavy atom. The summed E-state index contributed by atoms with van der Waals surface area (Å²) in [4.78, 5) is 8.94. The summed E-state index contributed by atoms with van der Waals surface area (Å²) in [6.07, 6.45) is 1.23. The van der Waals surface area contributed by atoms with E-state index in [1.165, 1.54) is 43.0 Å². The smallest absolute Gasteiger partial charge is 0.227 e. The van der Waals surface area contributed by atoms with Gasteiger partial charge in [-0.2, -0.15) is 0 Å². The standard InChI is InChI=1S/C20H32N6S/c1-5-26-19(18-12-16(4)14-27-18)21-22-20(26)25-7-6-17(13-25)24-10-8-23(9-11-24)15(2)3/h12,14-15,17H,5-11,13H2,1-4H3. The van der Waals surface area contributed by atoms with Gasteiger partial charge in [0, 0.05) is 57.9 Å². The Hall–Kier alpha value is -1.44. The molecule has 2 saturated heterocycles. The first-order chi connectivity index (χ1) is 13.1.